The highest BCUT2D eigenvalue weighted by molar-refractivity contribution is 5.82. The lowest BCUT2D eigenvalue weighted by Gasteiger charge is -2.38. The van der Waals surface area contributed by atoms with Crippen LogP contribution in [-0.2, 0) is 17.8 Å². The van der Waals surface area contributed by atoms with Crippen molar-refractivity contribution >= 4 is 5.91 Å². The van der Waals surface area contributed by atoms with Crippen molar-refractivity contribution in [3.63, 3.8) is 0 Å². The summed E-state index contributed by atoms with van der Waals surface area (Å²) in [4.78, 5) is 12.3. The third-order valence-electron chi connectivity index (χ3n) is 4.29. The summed E-state index contributed by atoms with van der Waals surface area (Å²) in [6, 6.07) is 8.37. The fourth-order valence-electron chi connectivity index (χ4n) is 2.84. The van der Waals surface area contributed by atoms with Crippen molar-refractivity contribution in [3.8, 4) is 0 Å². The number of benzene rings is 1. The number of rotatable bonds is 4. The largest absolute Gasteiger partial charge is 0.351 e. The predicted molar refractivity (Wildman–Crippen MR) is 82.5 cm³/mol. The molecule has 0 spiro atoms. The molecule has 2 N–H and O–H groups in total. The molecule has 0 saturated carbocycles. The number of amides is 1. The normalized spacial score (nSPS) is 21.4. The second-order valence-electron chi connectivity index (χ2n) is 6.37. The van der Waals surface area contributed by atoms with Gasteiger partial charge in [-0.05, 0) is 42.3 Å². The number of aryl methyl sites for hydroxylation is 1. The molecule has 0 aromatic heterocycles. The van der Waals surface area contributed by atoms with E-state index in [-0.39, 0.29) is 17.4 Å². The van der Waals surface area contributed by atoms with Gasteiger partial charge in [0.15, 0.2) is 0 Å². The molecule has 110 valence electrons. The van der Waals surface area contributed by atoms with Gasteiger partial charge in [0.25, 0.3) is 0 Å². The van der Waals surface area contributed by atoms with Crippen molar-refractivity contribution in [2.24, 2.45) is 5.41 Å². The van der Waals surface area contributed by atoms with E-state index in [2.05, 4.69) is 55.7 Å². The Balaban J connectivity index is 1.90. The summed E-state index contributed by atoms with van der Waals surface area (Å²) < 4.78 is 0. The topological polar surface area (TPSA) is 41.1 Å². The van der Waals surface area contributed by atoms with Crippen LogP contribution in [0, 0.1) is 5.41 Å². The number of piperidine rings is 1. The average molecular weight is 274 g/mol. The lowest BCUT2D eigenvalue weighted by molar-refractivity contribution is -0.126. The summed E-state index contributed by atoms with van der Waals surface area (Å²) in [5, 5.41) is 6.41. The zero-order valence-electron chi connectivity index (χ0n) is 12.8. The van der Waals surface area contributed by atoms with Crippen LogP contribution in [0.2, 0.25) is 0 Å². The first-order valence-electron chi connectivity index (χ1n) is 7.62. The van der Waals surface area contributed by atoms with Gasteiger partial charge in [-0.1, -0.05) is 45.0 Å². The standard InChI is InChI=1S/C17H26N2O/c1-4-13-6-8-14(9-7-13)12-19-16(20)15-17(2,3)10-5-11-18-15/h6-9,15,18H,4-5,10-12H2,1-3H3,(H,19,20). The first-order chi connectivity index (χ1) is 9.53. The molecular formula is C17H26N2O. The highest BCUT2D eigenvalue weighted by Gasteiger charge is 2.36. The summed E-state index contributed by atoms with van der Waals surface area (Å²) in [6.07, 6.45) is 3.30. The monoisotopic (exact) mass is 274 g/mol. The maximum Gasteiger partial charge on any atom is 0.237 e. The van der Waals surface area contributed by atoms with Crippen molar-refractivity contribution in [3.05, 3.63) is 35.4 Å². The van der Waals surface area contributed by atoms with Gasteiger partial charge in [0.2, 0.25) is 5.91 Å². The van der Waals surface area contributed by atoms with Gasteiger partial charge < -0.3 is 10.6 Å². The van der Waals surface area contributed by atoms with Gasteiger partial charge in [-0.25, -0.2) is 0 Å². The number of hydrogen-bond donors (Lipinski definition) is 2. The Morgan fingerprint density at radius 3 is 2.55 bits per heavy atom. The van der Waals surface area contributed by atoms with E-state index in [0.717, 1.165) is 31.4 Å². The highest BCUT2D eigenvalue weighted by atomic mass is 16.2. The summed E-state index contributed by atoms with van der Waals surface area (Å²) in [7, 11) is 0. The molecule has 2 rings (SSSR count). The molecule has 0 radical (unpaired) electrons. The quantitative estimate of drug-likeness (QED) is 0.886. The van der Waals surface area contributed by atoms with Gasteiger partial charge in [-0.15, -0.1) is 0 Å². The van der Waals surface area contributed by atoms with Crippen LogP contribution in [0.3, 0.4) is 0 Å². The third-order valence-corrected chi connectivity index (χ3v) is 4.29. The predicted octanol–water partition coefficient (Wildman–Crippen LogP) is 2.64. The Hall–Kier alpha value is -1.35. The molecule has 3 nitrogen and oxygen atoms in total. The maximum absolute atomic E-state index is 12.3. The van der Waals surface area contributed by atoms with Crippen LogP contribution >= 0.6 is 0 Å². The molecule has 0 aliphatic carbocycles. The molecule has 0 bridgehead atoms. The van der Waals surface area contributed by atoms with E-state index in [1.807, 2.05) is 0 Å². The van der Waals surface area contributed by atoms with Crippen molar-refractivity contribution in [1.29, 1.82) is 0 Å². The molecule has 1 aromatic rings. The molecule has 20 heavy (non-hydrogen) atoms. The first-order valence-corrected chi connectivity index (χ1v) is 7.62. The van der Waals surface area contributed by atoms with Crippen LogP contribution in [0.5, 0.6) is 0 Å². The van der Waals surface area contributed by atoms with Gasteiger partial charge in [-0.2, -0.15) is 0 Å². The van der Waals surface area contributed by atoms with Gasteiger partial charge in [0.05, 0.1) is 6.04 Å². The van der Waals surface area contributed by atoms with Crippen molar-refractivity contribution in [2.45, 2.75) is 52.6 Å². The maximum atomic E-state index is 12.3. The second-order valence-corrected chi connectivity index (χ2v) is 6.37. The summed E-state index contributed by atoms with van der Waals surface area (Å²) in [6.45, 7) is 8.02. The minimum Gasteiger partial charge on any atom is -0.351 e. The zero-order chi connectivity index (χ0) is 14.6. The molecule has 1 fully saturated rings. The molecule has 1 aliphatic rings. The fraction of sp³-hybridized carbons (Fsp3) is 0.588. The fourth-order valence-corrected chi connectivity index (χ4v) is 2.84. The zero-order valence-corrected chi connectivity index (χ0v) is 12.8. The van der Waals surface area contributed by atoms with Crippen LogP contribution in [0.4, 0.5) is 0 Å². The number of carbonyl (C=O) groups is 1. The minimum absolute atomic E-state index is 0.0361. The van der Waals surface area contributed by atoms with Gasteiger partial charge >= 0.3 is 0 Å². The lowest BCUT2D eigenvalue weighted by Crippen LogP contribution is -2.55. The number of nitrogens with one attached hydrogen (secondary N) is 2. The van der Waals surface area contributed by atoms with Crippen LogP contribution in [0.1, 0.15) is 44.7 Å². The van der Waals surface area contributed by atoms with E-state index < -0.39 is 0 Å². The number of carbonyl (C=O) groups excluding carboxylic acids is 1. The van der Waals surface area contributed by atoms with E-state index in [9.17, 15) is 4.79 Å². The Bertz CT molecular complexity index is 451. The van der Waals surface area contributed by atoms with E-state index in [0.29, 0.717) is 6.54 Å². The average Bonchev–Trinajstić information content (AvgIpc) is 2.45. The van der Waals surface area contributed by atoms with Crippen molar-refractivity contribution < 1.29 is 4.79 Å². The van der Waals surface area contributed by atoms with E-state index >= 15 is 0 Å². The Labute approximate surface area is 122 Å². The molecule has 1 amide bonds. The third kappa shape index (κ3) is 3.60. The van der Waals surface area contributed by atoms with Crippen LogP contribution in [-0.4, -0.2) is 18.5 Å². The molecule has 1 aliphatic heterocycles. The Kier molecular flexibility index (Phi) is 4.81. The smallest absolute Gasteiger partial charge is 0.237 e. The van der Waals surface area contributed by atoms with Crippen LogP contribution in [0.15, 0.2) is 24.3 Å². The summed E-state index contributed by atoms with van der Waals surface area (Å²) >= 11 is 0. The summed E-state index contributed by atoms with van der Waals surface area (Å²) in [5.74, 6) is 0.120. The molecular weight excluding hydrogens is 248 g/mol. The van der Waals surface area contributed by atoms with Crippen LogP contribution in [0.25, 0.3) is 0 Å². The number of hydrogen-bond acceptors (Lipinski definition) is 2. The van der Waals surface area contributed by atoms with Gasteiger partial charge in [-0.3, -0.25) is 4.79 Å². The highest BCUT2D eigenvalue weighted by Crippen LogP contribution is 2.30. The molecule has 1 saturated heterocycles. The van der Waals surface area contributed by atoms with Gasteiger partial charge in [0.1, 0.15) is 0 Å². The van der Waals surface area contributed by atoms with E-state index in [4.69, 9.17) is 0 Å². The van der Waals surface area contributed by atoms with Gasteiger partial charge in [0, 0.05) is 6.54 Å². The molecule has 1 aromatic carbocycles. The molecule has 1 atom stereocenters. The van der Waals surface area contributed by atoms with Crippen molar-refractivity contribution in [1.82, 2.24) is 10.6 Å². The van der Waals surface area contributed by atoms with Crippen molar-refractivity contribution in [2.75, 3.05) is 6.54 Å². The molecule has 1 unspecified atom stereocenters. The molecule has 3 heteroatoms. The SMILES string of the molecule is CCc1ccc(CNC(=O)C2NCCCC2(C)C)cc1. The Morgan fingerprint density at radius 2 is 1.95 bits per heavy atom. The lowest BCUT2D eigenvalue weighted by atomic mass is 9.77. The van der Waals surface area contributed by atoms with E-state index in [1.165, 1.54) is 5.56 Å². The minimum atomic E-state index is -0.0776. The Morgan fingerprint density at radius 1 is 1.30 bits per heavy atom. The molecule has 1 heterocycles. The summed E-state index contributed by atoms with van der Waals surface area (Å²) in [5.41, 5.74) is 2.52. The van der Waals surface area contributed by atoms with Crippen LogP contribution < -0.4 is 10.6 Å². The first kappa shape index (κ1) is 15.0. The second kappa shape index (κ2) is 6.40. The van der Waals surface area contributed by atoms with E-state index in [1.54, 1.807) is 0 Å².